The average Bonchev–Trinajstić information content (AvgIpc) is 3.11. The van der Waals surface area contributed by atoms with Crippen molar-refractivity contribution in [1.82, 2.24) is 29.7 Å². The van der Waals surface area contributed by atoms with Crippen molar-refractivity contribution in [1.29, 1.82) is 0 Å². The van der Waals surface area contributed by atoms with E-state index in [1.54, 1.807) is 6.20 Å². The van der Waals surface area contributed by atoms with Gasteiger partial charge in [0.1, 0.15) is 17.8 Å². The molecule has 114 valence electrons. The standard InChI is InChI=1S/C12H10F3N7/c13-12(14,15)11-20-19-8-5-21(3-4-22(8)11)10-7-1-2-16-9(7)17-6-18-10/h1-2,6H,3-5H2,(H,16,17,18). The second kappa shape index (κ2) is 4.42. The zero-order valence-corrected chi connectivity index (χ0v) is 11.2. The predicted octanol–water partition coefficient (Wildman–Crippen LogP) is 1.59. The highest BCUT2D eigenvalue weighted by molar-refractivity contribution is 5.87. The number of nitrogens with zero attached hydrogens (tertiary/aromatic N) is 6. The number of H-pyrrole nitrogens is 1. The van der Waals surface area contributed by atoms with E-state index in [0.717, 1.165) is 9.95 Å². The highest BCUT2D eigenvalue weighted by Crippen LogP contribution is 2.31. The Hall–Kier alpha value is -2.65. The highest BCUT2D eigenvalue weighted by atomic mass is 19.4. The maximum Gasteiger partial charge on any atom is 0.451 e. The molecule has 0 saturated heterocycles. The van der Waals surface area contributed by atoms with Crippen LogP contribution >= 0.6 is 0 Å². The number of hydrogen-bond acceptors (Lipinski definition) is 5. The average molecular weight is 309 g/mol. The van der Waals surface area contributed by atoms with Gasteiger partial charge < -0.3 is 14.5 Å². The van der Waals surface area contributed by atoms with Crippen LogP contribution in [0.1, 0.15) is 11.6 Å². The molecule has 4 rings (SSSR count). The number of aromatic nitrogens is 6. The highest BCUT2D eigenvalue weighted by Gasteiger charge is 2.39. The molecule has 7 nitrogen and oxygen atoms in total. The lowest BCUT2D eigenvalue weighted by molar-refractivity contribution is -0.147. The molecule has 0 unspecified atom stereocenters. The Balaban J connectivity index is 1.71. The van der Waals surface area contributed by atoms with Gasteiger partial charge in [0, 0.05) is 19.3 Å². The Labute approximate surface area is 121 Å². The Morgan fingerprint density at radius 3 is 2.82 bits per heavy atom. The van der Waals surface area contributed by atoms with Crippen molar-refractivity contribution in [2.24, 2.45) is 0 Å². The zero-order valence-electron chi connectivity index (χ0n) is 11.2. The molecule has 4 heterocycles. The monoisotopic (exact) mass is 309 g/mol. The summed E-state index contributed by atoms with van der Waals surface area (Å²) in [6.07, 6.45) is -1.32. The molecule has 0 aliphatic carbocycles. The molecule has 0 aromatic carbocycles. The lowest BCUT2D eigenvalue weighted by Crippen LogP contribution is -2.35. The molecule has 10 heteroatoms. The van der Waals surface area contributed by atoms with Crippen LogP contribution in [0.2, 0.25) is 0 Å². The van der Waals surface area contributed by atoms with Gasteiger partial charge in [-0.1, -0.05) is 0 Å². The maximum atomic E-state index is 12.8. The second-order valence-electron chi connectivity index (χ2n) is 4.95. The first-order valence-electron chi connectivity index (χ1n) is 6.56. The number of aromatic amines is 1. The van der Waals surface area contributed by atoms with Crippen LogP contribution in [0.3, 0.4) is 0 Å². The molecule has 1 aliphatic heterocycles. The van der Waals surface area contributed by atoms with E-state index in [0.29, 0.717) is 18.0 Å². The Morgan fingerprint density at radius 2 is 2.00 bits per heavy atom. The van der Waals surface area contributed by atoms with Gasteiger partial charge in [-0.05, 0) is 6.07 Å². The SMILES string of the molecule is FC(F)(F)c1nnc2n1CCN(c1ncnc3[nH]ccc13)C2. The molecule has 1 N–H and O–H groups in total. The van der Waals surface area contributed by atoms with Crippen molar-refractivity contribution in [2.45, 2.75) is 19.3 Å². The molecule has 0 fully saturated rings. The number of nitrogens with one attached hydrogen (secondary N) is 1. The summed E-state index contributed by atoms with van der Waals surface area (Å²) in [4.78, 5) is 13.2. The van der Waals surface area contributed by atoms with E-state index >= 15 is 0 Å². The minimum absolute atomic E-state index is 0.160. The van der Waals surface area contributed by atoms with Gasteiger partial charge in [0.2, 0.25) is 5.82 Å². The topological polar surface area (TPSA) is 75.5 Å². The van der Waals surface area contributed by atoms with Gasteiger partial charge in [-0.3, -0.25) is 0 Å². The van der Waals surface area contributed by atoms with Crippen LogP contribution in [-0.2, 0) is 19.3 Å². The third-order valence-electron chi connectivity index (χ3n) is 3.64. The van der Waals surface area contributed by atoms with E-state index in [9.17, 15) is 13.2 Å². The van der Waals surface area contributed by atoms with Crippen LogP contribution in [0.4, 0.5) is 19.0 Å². The van der Waals surface area contributed by atoms with Gasteiger partial charge in [-0.15, -0.1) is 10.2 Å². The summed E-state index contributed by atoms with van der Waals surface area (Å²) in [7, 11) is 0. The summed E-state index contributed by atoms with van der Waals surface area (Å²) >= 11 is 0. The third kappa shape index (κ3) is 1.90. The molecule has 0 radical (unpaired) electrons. The molecule has 0 atom stereocenters. The fraction of sp³-hybridized carbons (Fsp3) is 0.333. The van der Waals surface area contributed by atoms with Crippen molar-refractivity contribution in [3.8, 4) is 0 Å². The summed E-state index contributed by atoms with van der Waals surface area (Å²) in [5, 5.41) is 7.76. The molecule has 22 heavy (non-hydrogen) atoms. The largest absolute Gasteiger partial charge is 0.451 e. The minimum Gasteiger partial charge on any atom is -0.347 e. The van der Waals surface area contributed by atoms with E-state index in [2.05, 4.69) is 25.1 Å². The minimum atomic E-state index is -4.49. The third-order valence-corrected chi connectivity index (χ3v) is 3.64. The number of hydrogen-bond donors (Lipinski definition) is 1. The maximum absolute atomic E-state index is 12.8. The Kier molecular flexibility index (Phi) is 2.62. The van der Waals surface area contributed by atoms with Crippen LogP contribution < -0.4 is 4.90 Å². The van der Waals surface area contributed by atoms with Crippen molar-refractivity contribution in [3.63, 3.8) is 0 Å². The summed E-state index contributed by atoms with van der Waals surface area (Å²) < 4.78 is 39.6. The van der Waals surface area contributed by atoms with E-state index in [-0.39, 0.29) is 18.9 Å². The summed E-state index contributed by atoms with van der Waals surface area (Å²) in [6, 6.07) is 1.84. The van der Waals surface area contributed by atoms with Crippen molar-refractivity contribution in [3.05, 3.63) is 30.2 Å². The first kappa shape index (κ1) is 13.0. The normalized spacial score (nSPS) is 15.3. The van der Waals surface area contributed by atoms with Crippen LogP contribution in [0.5, 0.6) is 0 Å². The molecule has 3 aromatic heterocycles. The predicted molar refractivity (Wildman–Crippen MR) is 70.0 cm³/mol. The number of fused-ring (bicyclic) bond motifs is 2. The fourth-order valence-corrected chi connectivity index (χ4v) is 2.66. The van der Waals surface area contributed by atoms with Gasteiger partial charge in [0.15, 0.2) is 5.82 Å². The number of alkyl halides is 3. The first-order valence-corrected chi connectivity index (χ1v) is 6.56. The lowest BCUT2D eigenvalue weighted by atomic mass is 10.3. The van der Waals surface area contributed by atoms with Crippen LogP contribution in [0, 0.1) is 0 Å². The van der Waals surface area contributed by atoms with E-state index in [4.69, 9.17) is 0 Å². The summed E-state index contributed by atoms with van der Waals surface area (Å²) in [6.45, 7) is 0.777. The van der Waals surface area contributed by atoms with E-state index < -0.39 is 12.0 Å². The van der Waals surface area contributed by atoms with E-state index in [1.807, 2.05) is 11.0 Å². The van der Waals surface area contributed by atoms with Gasteiger partial charge in [0.05, 0.1) is 11.9 Å². The Morgan fingerprint density at radius 1 is 1.14 bits per heavy atom. The van der Waals surface area contributed by atoms with E-state index in [1.165, 1.54) is 6.33 Å². The van der Waals surface area contributed by atoms with Gasteiger partial charge in [-0.2, -0.15) is 13.2 Å². The van der Waals surface area contributed by atoms with Crippen molar-refractivity contribution in [2.75, 3.05) is 11.4 Å². The molecule has 0 spiro atoms. The number of anilines is 1. The van der Waals surface area contributed by atoms with Gasteiger partial charge in [0.25, 0.3) is 0 Å². The second-order valence-corrected chi connectivity index (χ2v) is 4.95. The number of rotatable bonds is 1. The first-order chi connectivity index (χ1) is 10.5. The van der Waals surface area contributed by atoms with Crippen LogP contribution in [0.15, 0.2) is 18.6 Å². The molecule has 0 bridgehead atoms. The van der Waals surface area contributed by atoms with Gasteiger partial charge in [-0.25, -0.2) is 9.97 Å². The van der Waals surface area contributed by atoms with Crippen molar-refractivity contribution >= 4 is 16.9 Å². The fourth-order valence-electron chi connectivity index (χ4n) is 2.66. The molecule has 0 amide bonds. The smallest absolute Gasteiger partial charge is 0.347 e. The number of halogens is 3. The van der Waals surface area contributed by atoms with Crippen LogP contribution in [0.25, 0.3) is 11.0 Å². The lowest BCUT2D eigenvalue weighted by Gasteiger charge is -2.29. The molecule has 3 aromatic rings. The zero-order chi connectivity index (χ0) is 15.3. The van der Waals surface area contributed by atoms with Crippen LogP contribution in [-0.4, -0.2) is 36.3 Å². The van der Waals surface area contributed by atoms with Gasteiger partial charge >= 0.3 is 6.18 Å². The molecule has 1 aliphatic rings. The molecular formula is C12H10F3N7. The quantitative estimate of drug-likeness (QED) is 0.739. The Bertz CT molecular complexity index is 835. The van der Waals surface area contributed by atoms with Crippen molar-refractivity contribution < 1.29 is 13.2 Å². The molecular weight excluding hydrogens is 299 g/mol. The summed E-state index contributed by atoms with van der Waals surface area (Å²) in [5.74, 6) is 0.00607. The molecule has 0 saturated carbocycles. The summed E-state index contributed by atoms with van der Waals surface area (Å²) in [5.41, 5.74) is 0.688.